The number of rotatable bonds is 6. The number of hydrogen-bond acceptors (Lipinski definition) is 4. The van der Waals surface area contributed by atoms with Gasteiger partial charge < -0.3 is 15.5 Å². The Morgan fingerprint density at radius 2 is 1.81 bits per heavy atom. The van der Waals surface area contributed by atoms with E-state index >= 15 is 0 Å². The van der Waals surface area contributed by atoms with Crippen LogP contribution < -0.4 is 15.5 Å². The topological polar surface area (TPSA) is 74.3 Å². The van der Waals surface area contributed by atoms with Crippen molar-refractivity contribution >= 4 is 23.2 Å². The van der Waals surface area contributed by atoms with Gasteiger partial charge in [0, 0.05) is 42.8 Å². The van der Waals surface area contributed by atoms with Crippen LogP contribution in [0.25, 0.3) is 0 Å². The van der Waals surface area contributed by atoms with Crippen molar-refractivity contribution in [2.24, 2.45) is 0 Å². The third kappa shape index (κ3) is 4.39. The maximum absolute atomic E-state index is 12.5. The summed E-state index contributed by atoms with van der Waals surface area (Å²) in [5.74, 6) is -0.526. The zero-order valence-corrected chi connectivity index (χ0v) is 15.0. The van der Waals surface area contributed by atoms with E-state index < -0.39 is 0 Å². The van der Waals surface area contributed by atoms with Crippen LogP contribution in [0.3, 0.4) is 0 Å². The van der Waals surface area contributed by atoms with Crippen LogP contribution in [0.15, 0.2) is 42.6 Å². The minimum absolute atomic E-state index is 0.246. The normalized spacial score (nSPS) is 13.5. The molecule has 136 valence electrons. The third-order valence-corrected chi connectivity index (χ3v) is 4.39. The molecule has 0 atom stereocenters. The van der Waals surface area contributed by atoms with Crippen LogP contribution in [-0.2, 0) is 0 Å². The van der Waals surface area contributed by atoms with Gasteiger partial charge in [-0.2, -0.15) is 0 Å². The molecule has 3 rings (SSSR count). The average Bonchev–Trinajstić information content (AvgIpc) is 3.21. The smallest absolute Gasteiger partial charge is 0.269 e. The molecule has 2 amide bonds. The molecule has 1 aliphatic heterocycles. The average molecular weight is 352 g/mol. The third-order valence-electron chi connectivity index (χ3n) is 4.39. The first-order valence-electron chi connectivity index (χ1n) is 9.08. The van der Waals surface area contributed by atoms with E-state index in [-0.39, 0.29) is 17.5 Å². The lowest BCUT2D eigenvalue weighted by Crippen LogP contribution is -2.25. The number of hydrogen-bond donors (Lipinski definition) is 2. The Balaban J connectivity index is 1.65. The monoisotopic (exact) mass is 352 g/mol. The summed E-state index contributed by atoms with van der Waals surface area (Å²) in [7, 11) is 0. The van der Waals surface area contributed by atoms with E-state index in [4.69, 9.17) is 0 Å². The molecule has 1 aromatic carbocycles. The van der Waals surface area contributed by atoms with Crippen molar-refractivity contribution in [1.82, 2.24) is 10.3 Å². The van der Waals surface area contributed by atoms with E-state index in [0.29, 0.717) is 12.1 Å². The second kappa shape index (κ2) is 8.47. The summed E-state index contributed by atoms with van der Waals surface area (Å²) in [6.45, 7) is 4.74. The number of benzene rings is 1. The number of nitrogens with zero attached hydrogens (tertiary/aromatic N) is 2. The molecule has 2 N–H and O–H groups in total. The van der Waals surface area contributed by atoms with Gasteiger partial charge in [0.2, 0.25) is 0 Å². The Hall–Kier alpha value is -2.89. The van der Waals surface area contributed by atoms with Crippen molar-refractivity contribution in [3.8, 4) is 0 Å². The Kier molecular flexibility index (Phi) is 5.84. The molecule has 2 aromatic rings. The molecule has 0 spiro atoms. The molecule has 26 heavy (non-hydrogen) atoms. The van der Waals surface area contributed by atoms with Gasteiger partial charge in [-0.05, 0) is 55.7 Å². The van der Waals surface area contributed by atoms with E-state index in [0.717, 1.165) is 25.2 Å². The SMILES string of the molecule is CCCNC(=O)c1cc(C(=O)Nc2ccc(N3CCCC3)cc2)ccn1. The predicted octanol–water partition coefficient (Wildman–Crippen LogP) is 3.07. The molecular formula is C20H24N4O2. The first-order valence-corrected chi connectivity index (χ1v) is 9.08. The summed E-state index contributed by atoms with van der Waals surface area (Å²) in [6, 6.07) is 11.0. The number of carbonyl (C=O) groups is 2. The van der Waals surface area contributed by atoms with Gasteiger partial charge in [0.25, 0.3) is 11.8 Å². The molecule has 0 aliphatic carbocycles. The largest absolute Gasteiger partial charge is 0.372 e. The van der Waals surface area contributed by atoms with Gasteiger partial charge in [-0.15, -0.1) is 0 Å². The van der Waals surface area contributed by atoms with Crippen molar-refractivity contribution in [1.29, 1.82) is 0 Å². The van der Waals surface area contributed by atoms with Crippen LogP contribution in [0.5, 0.6) is 0 Å². The van der Waals surface area contributed by atoms with Gasteiger partial charge in [0.05, 0.1) is 0 Å². The molecule has 1 fully saturated rings. The van der Waals surface area contributed by atoms with Gasteiger partial charge in [-0.1, -0.05) is 6.92 Å². The van der Waals surface area contributed by atoms with E-state index in [1.807, 2.05) is 31.2 Å². The van der Waals surface area contributed by atoms with Crippen LogP contribution in [-0.4, -0.2) is 36.4 Å². The van der Waals surface area contributed by atoms with E-state index in [2.05, 4.69) is 20.5 Å². The molecular weight excluding hydrogens is 328 g/mol. The first kappa shape index (κ1) is 17.9. The molecule has 0 radical (unpaired) electrons. The fraction of sp³-hybridized carbons (Fsp3) is 0.350. The summed E-state index contributed by atoms with van der Waals surface area (Å²) in [4.78, 5) is 30.8. The number of nitrogens with one attached hydrogen (secondary N) is 2. The lowest BCUT2D eigenvalue weighted by molar-refractivity contribution is 0.0948. The Morgan fingerprint density at radius 1 is 1.08 bits per heavy atom. The van der Waals surface area contributed by atoms with Gasteiger partial charge >= 0.3 is 0 Å². The molecule has 1 saturated heterocycles. The Labute approximate surface area is 153 Å². The fourth-order valence-corrected chi connectivity index (χ4v) is 2.96. The molecule has 1 aromatic heterocycles. The van der Waals surface area contributed by atoms with Crippen molar-refractivity contribution in [2.45, 2.75) is 26.2 Å². The standard InChI is InChI=1S/C20H24N4O2/c1-2-10-22-20(26)18-14-15(9-11-21-18)19(25)23-16-5-7-17(8-6-16)24-12-3-4-13-24/h5-9,11,14H,2-4,10,12-13H2,1H3,(H,22,26)(H,23,25). The zero-order valence-electron chi connectivity index (χ0n) is 15.0. The quantitative estimate of drug-likeness (QED) is 0.838. The lowest BCUT2D eigenvalue weighted by Gasteiger charge is -2.17. The maximum Gasteiger partial charge on any atom is 0.269 e. The van der Waals surface area contributed by atoms with Crippen LogP contribution in [0.2, 0.25) is 0 Å². The highest BCUT2D eigenvalue weighted by molar-refractivity contribution is 6.05. The lowest BCUT2D eigenvalue weighted by atomic mass is 10.2. The van der Waals surface area contributed by atoms with Crippen molar-refractivity contribution in [2.75, 3.05) is 29.9 Å². The van der Waals surface area contributed by atoms with Gasteiger partial charge in [-0.25, -0.2) is 0 Å². The molecule has 6 heteroatoms. The maximum atomic E-state index is 12.5. The summed E-state index contributed by atoms with van der Waals surface area (Å²) < 4.78 is 0. The van der Waals surface area contributed by atoms with Crippen LogP contribution >= 0.6 is 0 Å². The van der Waals surface area contributed by atoms with E-state index in [1.165, 1.54) is 30.8 Å². The number of amides is 2. The highest BCUT2D eigenvalue weighted by atomic mass is 16.2. The molecule has 0 bridgehead atoms. The number of aromatic nitrogens is 1. The minimum atomic E-state index is -0.267. The summed E-state index contributed by atoms with van der Waals surface area (Å²) in [6.07, 6.45) is 4.79. The summed E-state index contributed by atoms with van der Waals surface area (Å²) >= 11 is 0. The summed E-state index contributed by atoms with van der Waals surface area (Å²) in [5.41, 5.74) is 2.56. The van der Waals surface area contributed by atoms with Crippen LogP contribution in [0.4, 0.5) is 11.4 Å². The Bertz CT molecular complexity index is 768. The molecule has 6 nitrogen and oxygen atoms in total. The second-order valence-electron chi connectivity index (χ2n) is 6.38. The fourth-order valence-electron chi connectivity index (χ4n) is 2.96. The van der Waals surface area contributed by atoms with Gasteiger partial charge in [-0.3, -0.25) is 14.6 Å². The van der Waals surface area contributed by atoms with Crippen molar-refractivity contribution in [3.05, 3.63) is 53.9 Å². The molecule has 0 unspecified atom stereocenters. The molecule has 1 aliphatic rings. The van der Waals surface area contributed by atoms with Crippen LogP contribution in [0.1, 0.15) is 47.0 Å². The zero-order chi connectivity index (χ0) is 18.4. The highest BCUT2D eigenvalue weighted by Gasteiger charge is 2.14. The predicted molar refractivity (Wildman–Crippen MR) is 103 cm³/mol. The first-order chi connectivity index (χ1) is 12.7. The number of pyridine rings is 1. The molecule has 2 heterocycles. The van der Waals surface area contributed by atoms with Gasteiger partial charge in [0.1, 0.15) is 5.69 Å². The second-order valence-corrected chi connectivity index (χ2v) is 6.38. The number of anilines is 2. The van der Waals surface area contributed by atoms with E-state index in [1.54, 1.807) is 6.07 Å². The minimum Gasteiger partial charge on any atom is -0.372 e. The van der Waals surface area contributed by atoms with Crippen molar-refractivity contribution in [3.63, 3.8) is 0 Å². The highest BCUT2D eigenvalue weighted by Crippen LogP contribution is 2.22. The Morgan fingerprint density at radius 3 is 2.50 bits per heavy atom. The number of carbonyl (C=O) groups excluding carboxylic acids is 2. The van der Waals surface area contributed by atoms with Crippen molar-refractivity contribution < 1.29 is 9.59 Å². The van der Waals surface area contributed by atoms with Gasteiger partial charge in [0.15, 0.2) is 0 Å². The summed E-state index contributed by atoms with van der Waals surface area (Å²) in [5, 5.41) is 5.63. The van der Waals surface area contributed by atoms with E-state index in [9.17, 15) is 9.59 Å². The molecule has 0 saturated carbocycles. The van der Waals surface area contributed by atoms with Crippen LogP contribution in [0, 0.1) is 0 Å².